The van der Waals surface area contributed by atoms with Gasteiger partial charge in [-0.25, -0.2) is 0 Å². The Labute approximate surface area is 134 Å². The summed E-state index contributed by atoms with van der Waals surface area (Å²) in [5.41, 5.74) is 7.95. The number of aryl methyl sites for hydroxylation is 1. The molecule has 0 unspecified atom stereocenters. The molecule has 0 bridgehead atoms. The minimum Gasteiger partial charge on any atom is -0.339 e. The summed E-state index contributed by atoms with van der Waals surface area (Å²) in [5, 5.41) is 4.10. The lowest BCUT2D eigenvalue weighted by atomic mass is 9.94. The largest absolute Gasteiger partial charge is 0.339 e. The van der Waals surface area contributed by atoms with E-state index < -0.39 is 0 Å². The zero-order chi connectivity index (χ0) is 15.4. The summed E-state index contributed by atoms with van der Waals surface area (Å²) < 4.78 is 6.44. The minimum absolute atomic E-state index is 0.393. The smallest absolute Gasteiger partial charge is 0.227 e. The lowest BCUT2D eigenvalue weighted by Gasteiger charge is -2.14. The van der Waals surface area contributed by atoms with Crippen molar-refractivity contribution in [2.75, 3.05) is 6.54 Å². The van der Waals surface area contributed by atoms with Crippen LogP contribution in [0.5, 0.6) is 0 Å². The molecule has 0 fully saturated rings. The topological polar surface area (TPSA) is 64.9 Å². The Kier molecular flexibility index (Phi) is 5.53. The van der Waals surface area contributed by atoms with E-state index in [0.29, 0.717) is 30.1 Å². The van der Waals surface area contributed by atoms with Gasteiger partial charge in [0.2, 0.25) is 11.7 Å². The summed E-state index contributed by atoms with van der Waals surface area (Å²) in [5.74, 6) is 2.33. The van der Waals surface area contributed by atoms with Crippen LogP contribution in [0.1, 0.15) is 31.7 Å². The molecule has 0 radical (unpaired) electrons. The predicted octanol–water partition coefficient (Wildman–Crippen LogP) is 3.97. The summed E-state index contributed by atoms with van der Waals surface area (Å²) in [7, 11) is 0. The first kappa shape index (κ1) is 16.2. The molecule has 2 N–H and O–H groups in total. The van der Waals surface area contributed by atoms with Crippen molar-refractivity contribution in [3.63, 3.8) is 0 Å². The minimum atomic E-state index is 0.393. The van der Waals surface area contributed by atoms with E-state index >= 15 is 0 Å². The van der Waals surface area contributed by atoms with E-state index in [2.05, 4.69) is 39.9 Å². The van der Waals surface area contributed by atoms with Gasteiger partial charge in [0, 0.05) is 16.5 Å². The molecular formula is C16H22BrN3O. The van der Waals surface area contributed by atoms with Crippen LogP contribution in [-0.4, -0.2) is 16.7 Å². The first-order valence-electron chi connectivity index (χ1n) is 7.28. The average Bonchev–Trinajstić information content (AvgIpc) is 2.85. The number of halogens is 1. The Bertz CT molecular complexity index is 595. The van der Waals surface area contributed by atoms with Crippen LogP contribution < -0.4 is 5.73 Å². The zero-order valence-corrected chi connectivity index (χ0v) is 14.4. The predicted molar refractivity (Wildman–Crippen MR) is 87.9 cm³/mol. The van der Waals surface area contributed by atoms with Crippen molar-refractivity contribution < 1.29 is 4.52 Å². The fourth-order valence-corrected chi connectivity index (χ4v) is 2.98. The second-order valence-electron chi connectivity index (χ2n) is 5.91. The highest BCUT2D eigenvalue weighted by Gasteiger charge is 2.16. The van der Waals surface area contributed by atoms with Crippen LogP contribution in [0.3, 0.4) is 0 Å². The van der Waals surface area contributed by atoms with E-state index in [9.17, 15) is 0 Å². The van der Waals surface area contributed by atoms with Gasteiger partial charge < -0.3 is 10.3 Å². The molecule has 0 aliphatic heterocycles. The van der Waals surface area contributed by atoms with Gasteiger partial charge in [-0.3, -0.25) is 0 Å². The van der Waals surface area contributed by atoms with Gasteiger partial charge in [0.1, 0.15) is 0 Å². The van der Waals surface area contributed by atoms with Crippen LogP contribution in [-0.2, 0) is 6.42 Å². The summed E-state index contributed by atoms with van der Waals surface area (Å²) in [6.45, 7) is 7.09. The first-order chi connectivity index (χ1) is 9.99. The van der Waals surface area contributed by atoms with E-state index in [1.54, 1.807) is 0 Å². The van der Waals surface area contributed by atoms with E-state index in [1.165, 1.54) is 0 Å². The van der Waals surface area contributed by atoms with E-state index in [0.717, 1.165) is 28.4 Å². The monoisotopic (exact) mass is 351 g/mol. The molecule has 21 heavy (non-hydrogen) atoms. The van der Waals surface area contributed by atoms with Crippen molar-refractivity contribution in [1.82, 2.24) is 10.1 Å². The molecular weight excluding hydrogens is 330 g/mol. The number of benzene rings is 1. The number of hydrogen-bond acceptors (Lipinski definition) is 4. The quantitative estimate of drug-likeness (QED) is 0.854. The Balaban J connectivity index is 2.14. The number of hydrogen-bond donors (Lipinski definition) is 1. The molecule has 4 nitrogen and oxygen atoms in total. The maximum absolute atomic E-state index is 5.83. The van der Waals surface area contributed by atoms with Gasteiger partial charge in [0.05, 0.1) is 0 Å². The van der Waals surface area contributed by atoms with Gasteiger partial charge in [-0.2, -0.15) is 4.98 Å². The molecule has 0 amide bonds. The highest BCUT2D eigenvalue weighted by Crippen LogP contribution is 2.24. The molecule has 5 heteroatoms. The van der Waals surface area contributed by atoms with Crippen LogP contribution in [0.15, 0.2) is 27.2 Å². The van der Waals surface area contributed by atoms with E-state index in [1.807, 2.05) is 25.1 Å². The standard InChI is InChI=1S/C16H22BrN3O/c1-10(2)6-12(9-18)8-15-19-16(20-21-15)14-5-4-13(17)7-11(14)3/h4-5,7,10,12H,6,8-9,18H2,1-3H3/t12-/m0/s1. The Hall–Kier alpha value is -1.20. The maximum atomic E-state index is 5.83. The molecule has 2 aromatic rings. The normalized spacial score (nSPS) is 12.9. The van der Waals surface area contributed by atoms with Gasteiger partial charge >= 0.3 is 0 Å². The van der Waals surface area contributed by atoms with Crippen molar-refractivity contribution in [3.8, 4) is 11.4 Å². The lowest BCUT2D eigenvalue weighted by Crippen LogP contribution is -2.19. The van der Waals surface area contributed by atoms with Crippen molar-refractivity contribution in [2.24, 2.45) is 17.6 Å². The van der Waals surface area contributed by atoms with Crippen LogP contribution in [0.2, 0.25) is 0 Å². The van der Waals surface area contributed by atoms with Gasteiger partial charge in [-0.05, 0) is 55.5 Å². The number of rotatable bonds is 6. The van der Waals surface area contributed by atoms with Crippen LogP contribution in [0.25, 0.3) is 11.4 Å². The summed E-state index contributed by atoms with van der Waals surface area (Å²) in [6.07, 6.45) is 1.82. The van der Waals surface area contributed by atoms with Crippen LogP contribution in [0, 0.1) is 18.8 Å². The van der Waals surface area contributed by atoms with Crippen molar-refractivity contribution in [2.45, 2.75) is 33.6 Å². The van der Waals surface area contributed by atoms with Crippen molar-refractivity contribution in [1.29, 1.82) is 0 Å². The van der Waals surface area contributed by atoms with Gasteiger partial charge in [0.25, 0.3) is 0 Å². The van der Waals surface area contributed by atoms with Gasteiger partial charge in [-0.15, -0.1) is 0 Å². The molecule has 2 rings (SSSR count). The lowest BCUT2D eigenvalue weighted by molar-refractivity contribution is 0.332. The molecule has 1 aromatic carbocycles. The second-order valence-corrected chi connectivity index (χ2v) is 6.82. The van der Waals surface area contributed by atoms with Gasteiger partial charge in [-0.1, -0.05) is 34.9 Å². The molecule has 0 spiro atoms. The van der Waals surface area contributed by atoms with Crippen molar-refractivity contribution >= 4 is 15.9 Å². The molecule has 0 aliphatic carbocycles. The molecule has 0 aliphatic rings. The SMILES string of the molecule is Cc1cc(Br)ccc1-c1noc(C[C@@H](CN)CC(C)C)n1. The van der Waals surface area contributed by atoms with Crippen molar-refractivity contribution in [3.05, 3.63) is 34.1 Å². The third-order valence-corrected chi connectivity index (χ3v) is 3.99. The highest BCUT2D eigenvalue weighted by molar-refractivity contribution is 9.10. The fraction of sp³-hybridized carbons (Fsp3) is 0.500. The summed E-state index contributed by atoms with van der Waals surface area (Å²) >= 11 is 3.46. The number of nitrogens with two attached hydrogens (primary N) is 1. The Morgan fingerprint density at radius 1 is 1.33 bits per heavy atom. The molecule has 0 saturated heterocycles. The third-order valence-electron chi connectivity index (χ3n) is 3.50. The third kappa shape index (κ3) is 4.38. The molecule has 1 heterocycles. The zero-order valence-electron chi connectivity index (χ0n) is 12.8. The van der Waals surface area contributed by atoms with E-state index in [-0.39, 0.29) is 0 Å². The Morgan fingerprint density at radius 2 is 2.10 bits per heavy atom. The molecule has 1 atom stereocenters. The summed E-state index contributed by atoms with van der Waals surface area (Å²) in [4.78, 5) is 4.52. The van der Waals surface area contributed by atoms with Crippen LogP contribution >= 0.6 is 15.9 Å². The number of aromatic nitrogens is 2. The molecule has 1 aromatic heterocycles. The van der Waals surface area contributed by atoms with E-state index in [4.69, 9.17) is 10.3 Å². The first-order valence-corrected chi connectivity index (χ1v) is 8.08. The number of nitrogens with zero attached hydrogens (tertiary/aromatic N) is 2. The maximum Gasteiger partial charge on any atom is 0.227 e. The Morgan fingerprint density at radius 3 is 2.71 bits per heavy atom. The highest BCUT2D eigenvalue weighted by atomic mass is 79.9. The molecule has 0 saturated carbocycles. The average molecular weight is 352 g/mol. The fourth-order valence-electron chi connectivity index (χ4n) is 2.50. The molecule has 114 valence electrons. The van der Waals surface area contributed by atoms with Gasteiger partial charge in [0.15, 0.2) is 0 Å². The second kappa shape index (κ2) is 7.18. The van der Waals surface area contributed by atoms with Crippen LogP contribution in [0.4, 0.5) is 0 Å². The summed E-state index contributed by atoms with van der Waals surface area (Å²) in [6, 6.07) is 6.04.